The monoisotopic (exact) mass is 521 g/mol. The summed E-state index contributed by atoms with van der Waals surface area (Å²) in [6.45, 7) is 8.38. The van der Waals surface area contributed by atoms with Crippen LogP contribution in [0.25, 0.3) is 0 Å². The van der Waals surface area contributed by atoms with Crippen LogP contribution >= 0.6 is 0 Å². The van der Waals surface area contributed by atoms with Crippen molar-refractivity contribution in [2.45, 2.75) is 135 Å². The average molecular weight is 522 g/mol. The van der Waals surface area contributed by atoms with E-state index < -0.39 is 10.1 Å². The van der Waals surface area contributed by atoms with Crippen LogP contribution in [0, 0.1) is 20.8 Å². The highest BCUT2D eigenvalue weighted by Crippen LogP contribution is 2.26. The first kappa shape index (κ1) is 32.4. The molecule has 0 atom stereocenters. The second-order valence-corrected chi connectivity index (χ2v) is 11.6. The summed E-state index contributed by atoms with van der Waals surface area (Å²) in [5, 5.41) is 2.98. The zero-order valence-electron chi connectivity index (χ0n) is 23.3. The highest BCUT2D eigenvalue weighted by atomic mass is 32.2. The van der Waals surface area contributed by atoms with Gasteiger partial charge in [-0.05, 0) is 94.0 Å². The highest BCUT2D eigenvalue weighted by molar-refractivity contribution is 7.85. The van der Waals surface area contributed by atoms with Gasteiger partial charge >= 0.3 is 0 Å². The van der Waals surface area contributed by atoms with E-state index in [9.17, 15) is 17.8 Å². The number of carbonyl (C=O) groups is 1. The van der Waals surface area contributed by atoms with Crippen LogP contribution in [0.4, 0.5) is 0 Å². The molecule has 0 unspecified atom stereocenters. The van der Waals surface area contributed by atoms with E-state index in [1.807, 2.05) is 13.8 Å². The van der Waals surface area contributed by atoms with Crippen LogP contribution < -0.4 is 5.32 Å². The number of hydrogen-bond acceptors (Lipinski definition) is 3. The van der Waals surface area contributed by atoms with Crippen LogP contribution in [0.5, 0.6) is 0 Å². The SMILES string of the molecule is CCCCCCCC/C=C\CCCCCCCC(=O)NCCCc1cc(S(=O)(=O)O)c(C)c(C)c1C. The van der Waals surface area contributed by atoms with Crippen molar-refractivity contribution < 1.29 is 17.8 Å². The topological polar surface area (TPSA) is 83.5 Å². The van der Waals surface area contributed by atoms with E-state index in [1.54, 1.807) is 13.0 Å². The van der Waals surface area contributed by atoms with E-state index in [0.29, 0.717) is 24.9 Å². The van der Waals surface area contributed by atoms with Gasteiger partial charge in [-0.25, -0.2) is 0 Å². The van der Waals surface area contributed by atoms with Gasteiger partial charge in [0.15, 0.2) is 0 Å². The van der Waals surface area contributed by atoms with E-state index in [2.05, 4.69) is 24.4 Å². The summed E-state index contributed by atoms with van der Waals surface area (Å²) in [6, 6.07) is 1.57. The van der Waals surface area contributed by atoms with Crippen molar-refractivity contribution in [2.24, 2.45) is 0 Å². The van der Waals surface area contributed by atoms with Crippen molar-refractivity contribution in [3.8, 4) is 0 Å². The Balaban J connectivity index is 2.09. The minimum absolute atomic E-state index is 0.0196. The van der Waals surface area contributed by atoms with Gasteiger partial charge in [-0.15, -0.1) is 0 Å². The second-order valence-electron chi connectivity index (χ2n) is 10.2. The molecule has 1 aromatic carbocycles. The number of carbonyl (C=O) groups excluding carboxylic acids is 1. The van der Waals surface area contributed by atoms with Crippen LogP contribution in [0.2, 0.25) is 0 Å². The Bertz CT molecular complexity index is 906. The quantitative estimate of drug-likeness (QED) is 0.104. The Hall–Kier alpha value is -1.66. The molecule has 36 heavy (non-hydrogen) atoms. The van der Waals surface area contributed by atoms with Crippen molar-refractivity contribution in [3.63, 3.8) is 0 Å². The summed E-state index contributed by atoms with van der Waals surface area (Å²) < 4.78 is 32.8. The van der Waals surface area contributed by atoms with Gasteiger partial charge in [0.2, 0.25) is 5.91 Å². The average Bonchev–Trinajstić information content (AvgIpc) is 2.83. The normalized spacial score (nSPS) is 11.9. The first-order chi connectivity index (χ1) is 17.2. The maximum atomic E-state index is 12.1. The second kappa shape index (κ2) is 18.6. The fraction of sp³-hybridized carbons (Fsp3) is 0.700. The van der Waals surface area contributed by atoms with Gasteiger partial charge in [-0.3, -0.25) is 9.35 Å². The van der Waals surface area contributed by atoms with E-state index in [-0.39, 0.29) is 10.8 Å². The van der Waals surface area contributed by atoms with Crippen molar-refractivity contribution in [2.75, 3.05) is 6.54 Å². The third kappa shape index (κ3) is 13.6. The molecule has 1 aromatic rings. The van der Waals surface area contributed by atoms with Crippen LogP contribution in [0.1, 0.15) is 125 Å². The van der Waals surface area contributed by atoms with Crippen LogP contribution in [0.15, 0.2) is 23.1 Å². The summed E-state index contributed by atoms with van der Waals surface area (Å²) in [6.07, 6.45) is 22.8. The molecule has 0 saturated heterocycles. The largest absolute Gasteiger partial charge is 0.356 e. The Labute approximate surface area is 221 Å². The molecule has 0 aromatic heterocycles. The number of benzene rings is 1. The molecule has 0 aliphatic heterocycles. The van der Waals surface area contributed by atoms with Crippen molar-refractivity contribution in [1.29, 1.82) is 0 Å². The number of rotatable bonds is 20. The lowest BCUT2D eigenvalue weighted by atomic mass is 9.96. The van der Waals surface area contributed by atoms with Crippen molar-refractivity contribution >= 4 is 16.0 Å². The molecule has 1 amide bonds. The summed E-state index contributed by atoms with van der Waals surface area (Å²) in [4.78, 5) is 12.1. The van der Waals surface area contributed by atoms with Gasteiger partial charge in [-0.2, -0.15) is 8.42 Å². The number of amides is 1. The number of nitrogens with one attached hydrogen (secondary N) is 1. The number of aryl methyl sites for hydroxylation is 1. The lowest BCUT2D eigenvalue weighted by molar-refractivity contribution is -0.121. The zero-order valence-corrected chi connectivity index (χ0v) is 24.1. The third-order valence-electron chi connectivity index (χ3n) is 7.17. The van der Waals surface area contributed by atoms with E-state index in [0.717, 1.165) is 36.0 Å². The lowest BCUT2D eigenvalue weighted by Gasteiger charge is -2.15. The molecule has 6 heteroatoms. The smallest absolute Gasteiger partial charge is 0.294 e. The lowest BCUT2D eigenvalue weighted by Crippen LogP contribution is -2.24. The van der Waals surface area contributed by atoms with Crippen molar-refractivity contribution in [3.05, 3.63) is 40.5 Å². The Morgan fingerprint density at radius 2 is 1.36 bits per heavy atom. The number of hydrogen-bond donors (Lipinski definition) is 2. The fourth-order valence-corrected chi connectivity index (χ4v) is 5.39. The molecular formula is C30H51NO4S. The standard InChI is InChI=1S/C30H51NO4S/c1-5-6-7-8-9-10-11-12-13-14-15-16-17-18-19-22-30(32)31-23-20-21-28-24-29(36(33,34)35)27(4)25(2)26(28)3/h12-13,24H,5-11,14-23H2,1-4H3,(H,31,32)(H,33,34,35)/b13-12-. The van der Waals surface area contributed by atoms with Gasteiger partial charge in [0, 0.05) is 13.0 Å². The summed E-state index contributed by atoms with van der Waals surface area (Å²) >= 11 is 0. The van der Waals surface area contributed by atoms with E-state index in [1.165, 1.54) is 70.6 Å². The molecule has 0 spiro atoms. The Morgan fingerprint density at radius 3 is 1.94 bits per heavy atom. The number of allylic oxidation sites excluding steroid dienone is 2. The highest BCUT2D eigenvalue weighted by Gasteiger charge is 2.18. The fourth-order valence-electron chi connectivity index (χ4n) is 4.56. The van der Waals surface area contributed by atoms with Gasteiger partial charge in [0.05, 0.1) is 4.90 Å². The maximum Gasteiger partial charge on any atom is 0.294 e. The predicted molar refractivity (Wildman–Crippen MR) is 151 cm³/mol. The van der Waals surface area contributed by atoms with E-state index in [4.69, 9.17) is 0 Å². The van der Waals surface area contributed by atoms with Crippen LogP contribution in [-0.4, -0.2) is 25.4 Å². The summed E-state index contributed by atoms with van der Waals surface area (Å²) in [7, 11) is -4.24. The van der Waals surface area contributed by atoms with Crippen LogP contribution in [-0.2, 0) is 21.3 Å². The minimum atomic E-state index is -4.24. The van der Waals surface area contributed by atoms with Gasteiger partial charge in [0.1, 0.15) is 0 Å². The first-order valence-electron chi connectivity index (χ1n) is 14.2. The molecule has 0 radical (unpaired) electrons. The van der Waals surface area contributed by atoms with Gasteiger partial charge < -0.3 is 5.32 Å². The molecule has 0 heterocycles. The first-order valence-corrected chi connectivity index (χ1v) is 15.6. The third-order valence-corrected chi connectivity index (χ3v) is 8.15. The van der Waals surface area contributed by atoms with Crippen molar-refractivity contribution in [1.82, 2.24) is 5.32 Å². The minimum Gasteiger partial charge on any atom is -0.356 e. The molecule has 0 bridgehead atoms. The van der Waals surface area contributed by atoms with Gasteiger partial charge in [-0.1, -0.05) is 70.4 Å². The molecule has 0 aliphatic rings. The summed E-state index contributed by atoms with van der Waals surface area (Å²) in [5.74, 6) is 0.0862. The molecule has 206 valence electrons. The summed E-state index contributed by atoms with van der Waals surface area (Å²) in [5.41, 5.74) is 3.41. The molecule has 1 rings (SSSR count). The number of unbranched alkanes of at least 4 members (excludes halogenated alkanes) is 11. The maximum absolute atomic E-state index is 12.1. The molecular weight excluding hydrogens is 470 g/mol. The molecule has 2 N–H and O–H groups in total. The van der Waals surface area contributed by atoms with Crippen LogP contribution in [0.3, 0.4) is 0 Å². The predicted octanol–water partition coefficient (Wildman–Crippen LogP) is 7.94. The molecule has 0 aliphatic carbocycles. The molecule has 0 saturated carbocycles. The Morgan fingerprint density at radius 1 is 0.806 bits per heavy atom. The van der Waals surface area contributed by atoms with E-state index >= 15 is 0 Å². The van der Waals surface area contributed by atoms with Gasteiger partial charge in [0.25, 0.3) is 10.1 Å². The molecule has 5 nitrogen and oxygen atoms in total. The zero-order chi connectivity index (χ0) is 26.8. The Kier molecular flexibility index (Phi) is 16.7. The molecule has 0 fully saturated rings.